The van der Waals surface area contributed by atoms with Crippen molar-refractivity contribution >= 4 is 5.97 Å². The van der Waals surface area contributed by atoms with Gasteiger partial charge in [0.05, 0.1) is 18.6 Å². The smallest absolute Gasteiger partial charge is 0.306 e. The number of carbonyl (C=O) groups excluding carboxylic acids is 1. The van der Waals surface area contributed by atoms with Gasteiger partial charge in [0.1, 0.15) is 6.10 Å². The minimum absolute atomic E-state index is 0.137. The second kappa shape index (κ2) is 2.94. The molecule has 14 heavy (non-hydrogen) atoms. The minimum atomic E-state index is -0.157. The van der Waals surface area contributed by atoms with E-state index in [4.69, 9.17) is 15.2 Å². The third kappa shape index (κ3) is 1.42. The van der Waals surface area contributed by atoms with E-state index in [-0.39, 0.29) is 23.1 Å². The molecule has 0 aromatic heterocycles. The van der Waals surface area contributed by atoms with E-state index in [9.17, 15) is 4.79 Å². The van der Waals surface area contributed by atoms with Gasteiger partial charge in [-0.3, -0.25) is 4.79 Å². The van der Waals surface area contributed by atoms with Crippen LogP contribution in [0.1, 0.15) is 26.7 Å². The fourth-order valence-corrected chi connectivity index (χ4v) is 2.63. The van der Waals surface area contributed by atoms with E-state index in [2.05, 4.69) is 0 Å². The van der Waals surface area contributed by atoms with Crippen LogP contribution in [0.2, 0.25) is 0 Å². The Kier molecular flexibility index (Phi) is 2.08. The molecule has 2 fully saturated rings. The normalized spacial score (nSPS) is 40.5. The molecule has 4 nitrogen and oxygen atoms in total. The molecule has 2 N–H and O–H groups in total. The lowest BCUT2D eigenvalue weighted by atomic mass is 9.76. The third-order valence-corrected chi connectivity index (χ3v) is 3.20. The third-order valence-electron chi connectivity index (χ3n) is 3.20. The molecule has 0 amide bonds. The molecule has 2 rings (SSSR count). The van der Waals surface area contributed by atoms with Crippen LogP contribution in [0.25, 0.3) is 0 Å². The van der Waals surface area contributed by atoms with Gasteiger partial charge in [0.15, 0.2) is 0 Å². The van der Waals surface area contributed by atoms with Gasteiger partial charge in [-0.05, 0) is 20.3 Å². The molecular weight excluding hydrogens is 182 g/mol. The Morgan fingerprint density at radius 2 is 2.29 bits per heavy atom. The van der Waals surface area contributed by atoms with Gasteiger partial charge in [-0.2, -0.15) is 0 Å². The Morgan fingerprint density at radius 3 is 2.79 bits per heavy atom. The summed E-state index contributed by atoms with van der Waals surface area (Å²) in [4.78, 5) is 11.3. The van der Waals surface area contributed by atoms with Crippen molar-refractivity contribution in [2.24, 2.45) is 11.1 Å². The van der Waals surface area contributed by atoms with Gasteiger partial charge in [-0.25, -0.2) is 0 Å². The molecule has 0 aromatic rings. The lowest BCUT2D eigenvalue weighted by Gasteiger charge is -2.26. The van der Waals surface area contributed by atoms with Crippen molar-refractivity contribution in [2.75, 3.05) is 13.2 Å². The van der Waals surface area contributed by atoms with E-state index in [1.807, 2.05) is 13.8 Å². The summed E-state index contributed by atoms with van der Waals surface area (Å²) < 4.78 is 10.9. The maximum absolute atomic E-state index is 11.3. The summed E-state index contributed by atoms with van der Waals surface area (Å²) >= 11 is 0. The predicted molar refractivity (Wildman–Crippen MR) is 50.6 cm³/mol. The topological polar surface area (TPSA) is 61.5 Å². The maximum Gasteiger partial charge on any atom is 0.306 e. The highest BCUT2D eigenvalue weighted by Gasteiger charge is 2.55. The average molecular weight is 199 g/mol. The molecule has 4 heteroatoms. The lowest BCUT2D eigenvalue weighted by Crippen LogP contribution is -2.38. The standard InChI is InChI=1S/C10H17NO3/c1-9(2)5-10(6-13-9)3-8(12)14-7(10)4-11/h7H,3-6,11H2,1-2H3. The van der Waals surface area contributed by atoms with Crippen molar-refractivity contribution in [3.63, 3.8) is 0 Å². The van der Waals surface area contributed by atoms with Gasteiger partial charge >= 0.3 is 5.97 Å². The molecule has 80 valence electrons. The van der Waals surface area contributed by atoms with Gasteiger partial charge in [0, 0.05) is 12.0 Å². The molecule has 2 atom stereocenters. The van der Waals surface area contributed by atoms with Crippen LogP contribution in [0, 0.1) is 5.41 Å². The Labute approximate surface area is 83.7 Å². The van der Waals surface area contributed by atoms with Gasteiger partial charge in [-0.1, -0.05) is 0 Å². The zero-order valence-electron chi connectivity index (χ0n) is 8.71. The van der Waals surface area contributed by atoms with E-state index in [0.717, 1.165) is 6.42 Å². The summed E-state index contributed by atoms with van der Waals surface area (Å²) in [6.45, 7) is 5.06. The van der Waals surface area contributed by atoms with Crippen LogP contribution in [-0.4, -0.2) is 30.8 Å². The highest BCUT2D eigenvalue weighted by molar-refractivity contribution is 5.73. The van der Waals surface area contributed by atoms with Crippen molar-refractivity contribution in [2.45, 2.75) is 38.4 Å². The SMILES string of the molecule is CC1(C)CC2(CO1)CC(=O)OC2CN. The molecule has 2 saturated heterocycles. The summed E-state index contributed by atoms with van der Waals surface area (Å²) in [5, 5.41) is 0. The zero-order chi connectivity index (χ0) is 10.4. The first-order valence-electron chi connectivity index (χ1n) is 5.01. The van der Waals surface area contributed by atoms with Crippen LogP contribution >= 0.6 is 0 Å². The van der Waals surface area contributed by atoms with Crippen LogP contribution in [-0.2, 0) is 14.3 Å². The summed E-state index contributed by atoms with van der Waals surface area (Å²) in [5.41, 5.74) is 5.30. The van der Waals surface area contributed by atoms with Crippen LogP contribution in [0.5, 0.6) is 0 Å². The molecule has 2 aliphatic rings. The van der Waals surface area contributed by atoms with Crippen molar-refractivity contribution in [1.82, 2.24) is 0 Å². The molecule has 0 bridgehead atoms. The van der Waals surface area contributed by atoms with E-state index >= 15 is 0 Å². The zero-order valence-corrected chi connectivity index (χ0v) is 8.71. The number of hydrogen-bond donors (Lipinski definition) is 1. The van der Waals surface area contributed by atoms with Gasteiger partial charge in [0.25, 0.3) is 0 Å². The number of ether oxygens (including phenoxy) is 2. The highest BCUT2D eigenvalue weighted by Crippen LogP contribution is 2.48. The number of esters is 1. The van der Waals surface area contributed by atoms with E-state index in [0.29, 0.717) is 19.6 Å². The number of hydrogen-bond acceptors (Lipinski definition) is 4. The second-order valence-corrected chi connectivity index (χ2v) is 4.98. The minimum Gasteiger partial charge on any atom is -0.460 e. The molecule has 2 aliphatic heterocycles. The molecule has 1 spiro atoms. The molecule has 0 saturated carbocycles. The molecule has 0 aliphatic carbocycles. The summed E-state index contributed by atoms with van der Waals surface area (Å²) in [5.74, 6) is -0.137. The first-order valence-corrected chi connectivity index (χ1v) is 5.01. The van der Waals surface area contributed by atoms with E-state index in [1.165, 1.54) is 0 Å². The van der Waals surface area contributed by atoms with Crippen molar-refractivity contribution in [1.29, 1.82) is 0 Å². The van der Waals surface area contributed by atoms with Gasteiger partial charge in [0.2, 0.25) is 0 Å². The summed E-state index contributed by atoms with van der Waals surface area (Å²) in [7, 11) is 0. The van der Waals surface area contributed by atoms with Crippen LogP contribution in [0.3, 0.4) is 0 Å². The second-order valence-electron chi connectivity index (χ2n) is 4.98. The summed E-state index contributed by atoms with van der Waals surface area (Å²) in [6.07, 6.45) is 1.16. The van der Waals surface area contributed by atoms with Gasteiger partial charge < -0.3 is 15.2 Å². The fraction of sp³-hybridized carbons (Fsp3) is 0.900. The molecular formula is C10H17NO3. The Bertz CT molecular complexity index is 264. The maximum atomic E-state index is 11.3. The number of nitrogens with two attached hydrogens (primary N) is 1. The Hall–Kier alpha value is -0.610. The molecule has 0 radical (unpaired) electrons. The number of cyclic esters (lactones) is 1. The molecule has 0 aromatic carbocycles. The Morgan fingerprint density at radius 1 is 1.57 bits per heavy atom. The predicted octanol–water partition coefficient (Wildman–Crippen LogP) is 0.446. The highest BCUT2D eigenvalue weighted by atomic mass is 16.6. The number of rotatable bonds is 1. The Balaban J connectivity index is 2.20. The largest absolute Gasteiger partial charge is 0.460 e. The van der Waals surface area contributed by atoms with Crippen molar-refractivity contribution < 1.29 is 14.3 Å². The molecule has 2 heterocycles. The van der Waals surface area contributed by atoms with Crippen LogP contribution in [0.15, 0.2) is 0 Å². The lowest BCUT2D eigenvalue weighted by molar-refractivity contribution is -0.141. The fourth-order valence-electron chi connectivity index (χ4n) is 2.63. The average Bonchev–Trinajstić information content (AvgIpc) is 2.53. The van der Waals surface area contributed by atoms with Crippen LogP contribution < -0.4 is 5.73 Å². The van der Waals surface area contributed by atoms with Gasteiger partial charge in [-0.15, -0.1) is 0 Å². The quantitative estimate of drug-likeness (QED) is 0.623. The van der Waals surface area contributed by atoms with Crippen molar-refractivity contribution in [3.05, 3.63) is 0 Å². The molecule has 2 unspecified atom stereocenters. The first-order chi connectivity index (χ1) is 6.47. The van der Waals surface area contributed by atoms with E-state index < -0.39 is 0 Å². The van der Waals surface area contributed by atoms with Crippen LogP contribution in [0.4, 0.5) is 0 Å². The first kappa shape index (κ1) is 9.93. The number of carbonyl (C=O) groups is 1. The summed E-state index contributed by atoms with van der Waals surface area (Å²) in [6, 6.07) is 0. The van der Waals surface area contributed by atoms with Crippen molar-refractivity contribution in [3.8, 4) is 0 Å². The monoisotopic (exact) mass is 199 g/mol. The van der Waals surface area contributed by atoms with E-state index in [1.54, 1.807) is 0 Å².